The minimum absolute atomic E-state index is 0.179. The lowest BCUT2D eigenvalue weighted by molar-refractivity contribution is 0.102. The van der Waals surface area contributed by atoms with Crippen LogP contribution in [0.1, 0.15) is 47.0 Å². The van der Waals surface area contributed by atoms with Gasteiger partial charge in [0.25, 0.3) is 5.91 Å². The van der Waals surface area contributed by atoms with Gasteiger partial charge in [-0.2, -0.15) is 0 Å². The molecule has 0 bridgehead atoms. The molecule has 34 heavy (non-hydrogen) atoms. The zero-order valence-corrected chi connectivity index (χ0v) is 21.0. The van der Waals surface area contributed by atoms with Crippen LogP contribution in [0.5, 0.6) is 0 Å². The molecule has 3 aromatic heterocycles. The Balaban J connectivity index is 1.43. The third-order valence-electron chi connectivity index (χ3n) is 6.07. The van der Waals surface area contributed by atoms with E-state index in [1.54, 1.807) is 11.3 Å². The minimum atomic E-state index is -0.179. The smallest absolute Gasteiger partial charge is 0.258 e. The first-order chi connectivity index (χ1) is 16.5. The fourth-order valence-electron chi connectivity index (χ4n) is 3.91. The van der Waals surface area contributed by atoms with Crippen LogP contribution in [0.2, 0.25) is 0 Å². The Bertz CT molecular complexity index is 1470. The molecule has 0 aliphatic rings. The van der Waals surface area contributed by atoms with Crippen LogP contribution < -0.4 is 5.32 Å². The van der Waals surface area contributed by atoms with E-state index >= 15 is 0 Å². The van der Waals surface area contributed by atoms with Crippen LogP contribution in [0, 0.1) is 6.92 Å². The standard InChI is InChI=1S/C28H25N3OS2/c1-4-17(2)19-10-12-20(13-11-19)25-16-33-28(30-25)31-27(32)22-15-24(26-14-9-18(3)34-26)29-23-8-6-5-7-21(22)23/h5-17H,4H2,1-3H3,(H,30,31,32). The van der Waals surface area contributed by atoms with E-state index in [9.17, 15) is 4.79 Å². The van der Waals surface area contributed by atoms with E-state index in [0.717, 1.165) is 39.2 Å². The molecule has 1 unspecified atom stereocenters. The van der Waals surface area contributed by atoms with Gasteiger partial charge in [0.05, 0.1) is 27.3 Å². The molecule has 0 saturated heterocycles. The van der Waals surface area contributed by atoms with E-state index in [-0.39, 0.29) is 5.91 Å². The maximum atomic E-state index is 13.3. The molecule has 0 radical (unpaired) electrons. The molecule has 0 aliphatic heterocycles. The topological polar surface area (TPSA) is 54.9 Å². The number of thiophene rings is 1. The van der Waals surface area contributed by atoms with Crippen molar-refractivity contribution in [2.24, 2.45) is 0 Å². The number of para-hydroxylation sites is 1. The molecule has 0 aliphatic carbocycles. The fourth-order valence-corrected chi connectivity index (χ4v) is 5.45. The Labute approximate surface area is 207 Å². The molecule has 0 spiro atoms. The third-order valence-corrected chi connectivity index (χ3v) is 7.85. The number of hydrogen-bond acceptors (Lipinski definition) is 5. The van der Waals surface area contributed by atoms with Gasteiger partial charge in [0.2, 0.25) is 0 Å². The number of nitrogens with zero attached hydrogens (tertiary/aromatic N) is 2. The van der Waals surface area contributed by atoms with Gasteiger partial charge in [-0.1, -0.05) is 56.3 Å². The Morgan fingerprint density at radius 2 is 1.79 bits per heavy atom. The highest BCUT2D eigenvalue weighted by molar-refractivity contribution is 7.15. The van der Waals surface area contributed by atoms with Crippen LogP contribution in [-0.2, 0) is 0 Å². The number of hydrogen-bond donors (Lipinski definition) is 1. The second-order valence-corrected chi connectivity index (χ2v) is 10.6. The molecular formula is C28H25N3OS2. The maximum absolute atomic E-state index is 13.3. The molecule has 6 heteroatoms. The van der Waals surface area contributed by atoms with Crippen LogP contribution in [0.15, 0.2) is 72.1 Å². The van der Waals surface area contributed by atoms with Gasteiger partial charge in [-0.25, -0.2) is 9.97 Å². The fraction of sp³-hybridized carbons (Fsp3) is 0.179. The summed E-state index contributed by atoms with van der Waals surface area (Å²) >= 11 is 3.11. The summed E-state index contributed by atoms with van der Waals surface area (Å²) in [7, 11) is 0. The number of amides is 1. The summed E-state index contributed by atoms with van der Waals surface area (Å²) in [4.78, 5) is 25.1. The zero-order valence-electron chi connectivity index (χ0n) is 19.3. The first kappa shape index (κ1) is 22.4. The van der Waals surface area contributed by atoms with Gasteiger partial charge in [0, 0.05) is 21.2 Å². The predicted octanol–water partition coefficient (Wildman–Crippen LogP) is 8.16. The highest BCUT2D eigenvalue weighted by atomic mass is 32.1. The number of rotatable bonds is 6. The predicted molar refractivity (Wildman–Crippen MR) is 144 cm³/mol. The average molecular weight is 484 g/mol. The molecule has 5 rings (SSSR count). The van der Waals surface area contributed by atoms with Crippen molar-refractivity contribution in [2.45, 2.75) is 33.1 Å². The van der Waals surface area contributed by atoms with Crippen molar-refractivity contribution in [3.63, 3.8) is 0 Å². The number of nitrogens with one attached hydrogen (secondary N) is 1. The number of fused-ring (bicyclic) bond motifs is 1. The van der Waals surface area contributed by atoms with Crippen molar-refractivity contribution < 1.29 is 4.79 Å². The van der Waals surface area contributed by atoms with Gasteiger partial charge in [-0.15, -0.1) is 22.7 Å². The van der Waals surface area contributed by atoms with Crippen molar-refractivity contribution >= 4 is 44.6 Å². The van der Waals surface area contributed by atoms with Gasteiger partial charge in [-0.05, 0) is 49.1 Å². The lowest BCUT2D eigenvalue weighted by Crippen LogP contribution is -2.13. The molecule has 2 aromatic carbocycles. The van der Waals surface area contributed by atoms with E-state index in [4.69, 9.17) is 4.98 Å². The number of pyridine rings is 1. The second-order valence-electron chi connectivity index (χ2n) is 8.41. The average Bonchev–Trinajstić information content (AvgIpc) is 3.52. The maximum Gasteiger partial charge on any atom is 0.258 e. The van der Waals surface area contributed by atoms with E-state index in [1.807, 2.05) is 35.7 Å². The summed E-state index contributed by atoms with van der Waals surface area (Å²) in [6.45, 7) is 6.50. The van der Waals surface area contributed by atoms with Crippen molar-refractivity contribution in [3.8, 4) is 21.8 Å². The first-order valence-electron chi connectivity index (χ1n) is 11.4. The molecular weight excluding hydrogens is 458 g/mol. The SMILES string of the molecule is CCC(C)c1ccc(-c2csc(NC(=O)c3cc(-c4ccc(C)s4)nc4ccccc34)n2)cc1. The van der Waals surface area contributed by atoms with Gasteiger partial charge in [0.15, 0.2) is 5.13 Å². The Kier molecular flexibility index (Phi) is 6.26. The molecule has 3 heterocycles. The lowest BCUT2D eigenvalue weighted by Gasteiger charge is -2.09. The minimum Gasteiger partial charge on any atom is -0.298 e. The number of benzene rings is 2. The largest absolute Gasteiger partial charge is 0.298 e. The molecule has 4 nitrogen and oxygen atoms in total. The monoisotopic (exact) mass is 483 g/mol. The van der Waals surface area contributed by atoms with E-state index in [2.05, 4.69) is 67.5 Å². The van der Waals surface area contributed by atoms with Gasteiger partial charge < -0.3 is 0 Å². The van der Waals surface area contributed by atoms with Crippen LogP contribution >= 0.6 is 22.7 Å². The Morgan fingerprint density at radius 1 is 1.00 bits per heavy atom. The Hall–Kier alpha value is -3.35. The number of carbonyl (C=O) groups is 1. The number of aromatic nitrogens is 2. The summed E-state index contributed by atoms with van der Waals surface area (Å²) in [6.07, 6.45) is 1.11. The number of aryl methyl sites for hydroxylation is 1. The summed E-state index contributed by atoms with van der Waals surface area (Å²) in [5.74, 6) is 0.360. The van der Waals surface area contributed by atoms with Crippen molar-refractivity contribution in [2.75, 3.05) is 5.32 Å². The normalized spacial score (nSPS) is 12.1. The summed E-state index contributed by atoms with van der Waals surface area (Å²) in [5.41, 5.74) is 5.46. The van der Waals surface area contributed by atoms with Gasteiger partial charge >= 0.3 is 0 Å². The summed E-state index contributed by atoms with van der Waals surface area (Å²) < 4.78 is 0. The van der Waals surface area contributed by atoms with Crippen LogP contribution in [0.25, 0.3) is 32.7 Å². The van der Waals surface area contributed by atoms with Crippen LogP contribution in [-0.4, -0.2) is 15.9 Å². The molecule has 1 atom stereocenters. The van der Waals surface area contributed by atoms with Crippen molar-refractivity contribution in [1.82, 2.24) is 9.97 Å². The highest BCUT2D eigenvalue weighted by Crippen LogP contribution is 2.31. The van der Waals surface area contributed by atoms with Gasteiger partial charge in [-0.3, -0.25) is 10.1 Å². The Morgan fingerprint density at radius 3 is 2.53 bits per heavy atom. The van der Waals surface area contributed by atoms with Gasteiger partial charge in [0.1, 0.15) is 0 Å². The van der Waals surface area contributed by atoms with E-state index < -0.39 is 0 Å². The quantitative estimate of drug-likeness (QED) is 0.265. The van der Waals surface area contributed by atoms with Crippen molar-refractivity contribution in [1.29, 1.82) is 0 Å². The molecule has 1 N–H and O–H groups in total. The summed E-state index contributed by atoms with van der Waals surface area (Å²) in [6, 6.07) is 22.3. The second kappa shape index (κ2) is 9.49. The molecule has 1 amide bonds. The van der Waals surface area contributed by atoms with Crippen LogP contribution in [0.3, 0.4) is 0 Å². The number of thiazole rings is 1. The number of carbonyl (C=O) groups excluding carboxylic acids is 1. The van der Waals surface area contributed by atoms with Crippen LogP contribution in [0.4, 0.5) is 5.13 Å². The summed E-state index contributed by atoms with van der Waals surface area (Å²) in [5, 5.41) is 6.40. The lowest BCUT2D eigenvalue weighted by atomic mass is 9.97. The molecule has 5 aromatic rings. The van der Waals surface area contributed by atoms with E-state index in [1.165, 1.54) is 21.8 Å². The third kappa shape index (κ3) is 4.52. The molecule has 170 valence electrons. The number of anilines is 1. The molecule has 0 fully saturated rings. The zero-order chi connectivity index (χ0) is 23.7. The van der Waals surface area contributed by atoms with E-state index in [0.29, 0.717) is 16.6 Å². The highest BCUT2D eigenvalue weighted by Gasteiger charge is 2.16. The molecule has 0 saturated carbocycles. The van der Waals surface area contributed by atoms with Crippen molar-refractivity contribution in [3.05, 3.63) is 88.1 Å². The first-order valence-corrected chi connectivity index (χ1v) is 13.0.